The molecule has 0 unspecified atom stereocenters. The van der Waals surface area contributed by atoms with Crippen molar-refractivity contribution in [1.82, 2.24) is 4.57 Å². The quantitative estimate of drug-likeness (QED) is 0.399. The lowest BCUT2D eigenvalue weighted by molar-refractivity contribution is -0.115. The lowest BCUT2D eigenvalue weighted by Crippen LogP contribution is -2.18. The van der Waals surface area contributed by atoms with Crippen LogP contribution in [0, 0.1) is 5.82 Å². The summed E-state index contributed by atoms with van der Waals surface area (Å²) in [7, 11) is 1.35. The maximum absolute atomic E-state index is 13.0. The van der Waals surface area contributed by atoms with Gasteiger partial charge in [0.05, 0.1) is 28.6 Å². The monoisotopic (exact) mass is 450 g/mol. The van der Waals surface area contributed by atoms with E-state index in [0.29, 0.717) is 16.9 Å². The number of carbonyl (C=O) groups is 2. The number of ether oxygens (including phenoxy) is 1. The number of rotatable bonds is 7. The van der Waals surface area contributed by atoms with Crippen molar-refractivity contribution in [2.45, 2.75) is 11.4 Å². The van der Waals surface area contributed by atoms with Gasteiger partial charge in [-0.1, -0.05) is 11.3 Å². The summed E-state index contributed by atoms with van der Waals surface area (Å²) >= 11 is 4.39. The molecule has 1 heterocycles. The van der Waals surface area contributed by atoms with E-state index in [2.05, 4.69) is 4.99 Å². The maximum Gasteiger partial charge on any atom is 0.337 e. The van der Waals surface area contributed by atoms with E-state index in [1.54, 1.807) is 36.0 Å². The molecule has 1 amide bonds. The summed E-state index contributed by atoms with van der Waals surface area (Å²) in [5.74, 6) is 0.0570. The number of esters is 1. The second-order valence-electron chi connectivity index (χ2n) is 5.95. The molecule has 0 fully saturated rings. The number of methoxy groups -OCH3 is 1. The van der Waals surface area contributed by atoms with E-state index in [-0.39, 0.29) is 17.5 Å². The molecule has 0 aliphatic heterocycles. The molecule has 0 saturated heterocycles. The minimum atomic E-state index is -0.402. The van der Waals surface area contributed by atoms with Crippen LogP contribution < -0.4 is 4.80 Å². The molecule has 3 aromatic rings. The van der Waals surface area contributed by atoms with E-state index >= 15 is 0 Å². The zero-order valence-electron chi connectivity index (χ0n) is 15.9. The van der Waals surface area contributed by atoms with E-state index < -0.39 is 5.97 Å². The second kappa shape index (κ2) is 10.1. The van der Waals surface area contributed by atoms with Gasteiger partial charge in [0.1, 0.15) is 5.82 Å². The third-order valence-electron chi connectivity index (χ3n) is 4.02. The molecule has 0 N–H and O–H groups in total. The maximum atomic E-state index is 13.0. The van der Waals surface area contributed by atoms with Gasteiger partial charge in [-0.05, 0) is 48.7 Å². The number of halogens is 1. The molecule has 0 radical (unpaired) electrons. The van der Waals surface area contributed by atoms with E-state index in [0.717, 1.165) is 20.9 Å². The number of aryl methyl sites for hydroxylation is 1. The van der Waals surface area contributed by atoms with Crippen molar-refractivity contribution in [1.29, 1.82) is 0 Å². The number of aromatic nitrogens is 1. The number of carbonyl (C=O) groups excluding carboxylic acids is 2. The Balaban J connectivity index is 1.89. The summed E-state index contributed by atoms with van der Waals surface area (Å²) in [4.78, 5) is 29.9. The van der Waals surface area contributed by atoms with Gasteiger partial charge in [-0.2, -0.15) is 16.8 Å². The summed E-state index contributed by atoms with van der Waals surface area (Å²) in [6.45, 7) is 0.704. The predicted octanol–water partition coefficient (Wildman–Crippen LogP) is 4.21. The number of nitrogens with zero attached hydrogens (tertiary/aromatic N) is 2. The Kier molecular flexibility index (Phi) is 7.51. The van der Waals surface area contributed by atoms with Crippen molar-refractivity contribution >= 4 is 57.0 Å². The highest BCUT2D eigenvalue weighted by Gasteiger charge is 2.12. The van der Waals surface area contributed by atoms with Crippen LogP contribution in [0.15, 0.2) is 52.4 Å². The first-order valence-corrected chi connectivity index (χ1v) is 11.9. The van der Waals surface area contributed by atoms with Crippen LogP contribution in [0.3, 0.4) is 0 Å². The molecule has 29 heavy (non-hydrogen) atoms. The molecule has 152 valence electrons. The average Bonchev–Trinajstić information content (AvgIpc) is 3.07. The van der Waals surface area contributed by atoms with E-state index in [4.69, 9.17) is 4.74 Å². The molecule has 1 aromatic heterocycles. The Morgan fingerprint density at radius 3 is 2.66 bits per heavy atom. The standard InChI is InChI=1S/C20H19FN2O3S3/c1-26-19(25)13-3-8-16-17(11-13)29-20(23(16)9-10-27-2)22-18(24)12-28-15-6-4-14(21)5-7-15/h3-8,11H,9-10,12H2,1-2H3. The number of fused-ring (bicyclic) bond motifs is 1. The second-order valence-corrected chi connectivity index (χ2v) is 8.99. The van der Waals surface area contributed by atoms with Crippen LogP contribution in [0.1, 0.15) is 10.4 Å². The van der Waals surface area contributed by atoms with Crippen LogP contribution >= 0.6 is 34.9 Å². The summed E-state index contributed by atoms with van der Waals surface area (Å²) in [6.07, 6.45) is 2.02. The fraction of sp³-hybridized carbons (Fsp3) is 0.250. The number of thiazole rings is 1. The molecule has 0 aliphatic carbocycles. The van der Waals surface area contributed by atoms with E-state index in [1.807, 2.05) is 16.9 Å². The van der Waals surface area contributed by atoms with Gasteiger partial charge >= 0.3 is 5.97 Å². The van der Waals surface area contributed by atoms with Gasteiger partial charge < -0.3 is 9.30 Å². The number of hydrogen-bond donors (Lipinski definition) is 0. The van der Waals surface area contributed by atoms with E-state index in [1.165, 1.54) is 42.3 Å². The fourth-order valence-electron chi connectivity index (χ4n) is 2.62. The summed E-state index contributed by atoms with van der Waals surface area (Å²) in [5.41, 5.74) is 1.39. The SMILES string of the molecule is COC(=O)c1ccc2c(c1)sc(=NC(=O)CSc1ccc(F)cc1)n2CCSC. The van der Waals surface area contributed by atoms with E-state index in [9.17, 15) is 14.0 Å². The first-order valence-electron chi connectivity index (χ1n) is 8.68. The number of amides is 1. The van der Waals surface area contributed by atoms with Gasteiger partial charge in [0.25, 0.3) is 5.91 Å². The molecule has 0 saturated carbocycles. The van der Waals surface area contributed by atoms with Gasteiger partial charge in [0, 0.05) is 17.2 Å². The van der Waals surface area contributed by atoms with Crippen LogP contribution in [0.2, 0.25) is 0 Å². The van der Waals surface area contributed by atoms with Crippen LogP contribution in [-0.4, -0.2) is 41.3 Å². The van der Waals surface area contributed by atoms with Crippen molar-refractivity contribution in [3.8, 4) is 0 Å². The van der Waals surface area contributed by atoms with Gasteiger partial charge in [0.15, 0.2) is 4.80 Å². The molecule has 9 heteroatoms. The third-order valence-corrected chi connectivity index (χ3v) is 6.65. The molecule has 3 rings (SSSR count). The summed E-state index contributed by atoms with van der Waals surface area (Å²) < 4.78 is 20.6. The highest BCUT2D eigenvalue weighted by atomic mass is 32.2. The Morgan fingerprint density at radius 2 is 1.97 bits per heavy atom. The Labute approximate surface area is 180 Å². The average molecular weight is 451 g/mol. The minimum Gasteiger partial charge on any atom is -0.465 e. The van der Waals surface area contributed by atoms with Crippen LogP contribution in [-0.2, 0) is 16.1 Å². The molecule has 0 atom stereocenters. The number of hydrogen-bond acceptors (Lipinski definition) is 6. The van der Waals surface area contributed by atoms with Crippen molar-refractivity contribution < 1.29 is 18.7 Å². The van der Waals surface area contributed by atoms with Crippen molar-refractivity contribution in [3.63, 3.8) is 0 Å². The topological polar surface area (TPSA) is 60.7 Å². The van der Waals surface area contributed by atoms with Crippen LogP contribution in [0.25, 0.3) is 10.2 Å². The molecular formula is C20H19FN2O3S3. The lowest BCUT2D eigenvalue weighted by atomic mass is 10.2. The van der Waals surface area contributed by atoms with Gasteiger partial charge in [-0.25, -0.2) is 9.18 Å². The fourth-order valence-corrected chi connectivity index (χ4v) is 4.78. The van der Waals surface area contributed by atoms with Crippen molar-refractivity contribution in [2.24, 2.45) is 4.99 Å². The minimum absolute atomic E-state index is 0.163. The van der Waals surface area contributed by atoms with Crippen molar-refractivity contribution in [3.05, 3.63) is 58.6 Å². The zero-order chi connectivity index (χ0) is 20.8. The number of benzene rings is 2. The van der Waals surface area contributed by atoms with Crippen LogP contribution in [0.5, 0.6) is 0 Å². The molecule has 2 aromatic carbocycles. The Morgan fingerprint density at radius 1 is 1.21 bits per heavy atom. The first-order chi connectivity index (χ1) is 14.0. The molecule has 0 aliphatic rings. The van der Waals surface area contributed by atoms with Gasteiger partial charge in [-0.15, -0.1) is 11.8 Å². The highest BCUT2D eigenvalue weighted by molar-refractivity contribution is 8.00. The van der Waals surface area contributed by atoms with Crippen molar-refractivity contribution in [2.75, 3.05) is 24.9 Å². The Bertz CT molecular complexity index is 1090. The number of thioether (sulfide) groups is 2. The molecule has 0 spiro atoms. The normalized spacial score (nSPS) is 11.8. The zero-order valence-corrected chi connectivity index (χ0v) is 18.3. The van der Waals surface area contributed by atoms with Crippen LogP contribution in [0.4, 0.5) is 4.39 Å². The lowest BCUT2D eigenvalue weighted by Gasteiger charge is -2.04. The molecule has 0 bridgehead atoms. The smallest absolute Gasteiger partial charge is 0.337 e. The third kappa shape index (κ3) is 5.49. The van der Waals surface area contributed by atoms with Gasteiger partial charge in [-0.3, -0.25) is 4.79 Å². The first kappa shape index (κ1) is 21.6. The Hall–Kier alpha value is -2.10. The summed E-state index contributed by atoms with van der Waals surface area (Å²) in [6, 6.07) is 11.3. The van der Waals surface area contributed by atoms with Gasteiger partial charge in [0.2, 0.25) is 0 Å². The molecule has 5 nitrogen and oxygen atoms in total. The predicted molar refractivity (Wildman–Crippen MR) is 117 cm³/mol. The highest BCUT2D eigenvalue weighted by Crippen LogP contribution is 2.21. The molecular weight excluding hydrogens is 431 g/mol. The largest absolute Gasteiger partial charge is 0.465 e. The summed E-state index contributed by atoms with van der Waals surface area (Å²) in [5, 5.41) is 0.